The van der Waals surface area contributed by atoms with Gasteiger partial charge in [-0.1, -0.05) is 42.5 Å². The Hall–Kier alpha value is -1.64. The highest BCUT2D eigenvalue weighted by Crippen LogP contribution is 2.37. The summed E-state index contributed by atoms with van der Waals surface area (Å²) in [5.74, 6) is 0. The number of fused-ring (bicyclic) bond motifs is 3. The van der Waals surface area contributed by atoms with Gasteiger partial charge in [0, 0.05) is 12.6 Å². The van der Waals surface area contributed by atoms with Crippen molar-refractivity contribution in [2.75, 3.05) is 6.61 Å². The molecule has 0 bridgehead atoms. The van der Waals surface area contributed by atoms with Crippen LogP contribution in [0, 0.1) is 0 Å². The molecule has 1 aliphatic rings. The van der Waals surface area contributed by atoms with E-state index in [1.165, 1.54) is 27.8 Å². The summed E-state index contributed by atoms with van der Waals surface area (Å²) in [4.78, 5) is 0. The number of hydrogen-bond acceptors (Lipinski definition) is 2. The largest absolute Gasteiger partial charge is 0.396 e. The summed E-state index contributed by atoms with van der Waals surface area (Å²) in [7, 11) is 0. The van der Waals surface area contributed by atoms with Crippen LogP contribution in [-0.4, -0.2) is 11.7 Å². The quantitative estimate of drug-likeness (QED) is 0.750. The zero-order valence-electron chi connectivity index (χ0n) is 11.0. The maximum atomic E-state index is 8.88. The second kappa shape index (κ2) is 5.16. The van der Waals surface area contributed by atoms with Crippen molar-refractivity contribution in [1.29, 1.82) is 0 Å². The zero-order valence-corrected chi connectivity index (χ0v) is 11.0. The van der Waals surface area contributed by atoms with Crippen molar-refractivity contribution < 1.29 is 5.11 Å². The first kappa shape index (κ1) is 12.4. The van der Waals surface area contributed by atoms with Crippen LogP contribution in [0.5, 0.6) is 0 Å². The van der Waals surface area contributed by atoms with Crippen LogP contribution in [0.15, 0.2) is 42.5 Å². The first-order chi connectivity index (χ1) is 9.29. The van der Waals surface area contributed by atoms with Gasteiger partial charge in [-0.15, -0.1) is 0 Å². The van der Waals surface area contributed by atoms with Crippen molar-refractivity contribution in [3.8, 4) is 11.1 Å². The Bertz CT molecular complexity index is 592. The molecule has 0 fully saturated rings. The highest BCUT2D eigenvalue weighted by atomic mass is 16.2. The maximum Gasteiger partial charge on any atom is 0.0431 e. The Labute approximate surface area is 113 Å². The molecule has 0 heterocycles. The summed E-state index contributed by atoms with van der Waals surface area (Å²) in [5, 5.41) is 8.88. The molecular formula is C17H19NO. The van der Waals surface area contributed by atoms with Gasteiger partial charge in [0.25, 0.3) is 0 Å². The van der Waals surface area contributed by atoms with Crippen molar-refractivity contribution in [2.24, 2.45) is 5.73 Å². The second-order valence-corrected chi connectivity index (χ2v) is 5.22. The third-order valence-corrected chi connectivity index (χ3v) is 3.92. The van der Waals surface area contributed by atoms with Gasteiger partial charge in [0.2, 0.25) is 0 Å². The van der Waals surface area contributed by atoms with E-state index in [-0.39, 0.29) is 12.6 Å². The van der Waals surface area contributed by atoms with Crippen LogP contribution < -0.4 is 5.73 Å². The van der Waals surface area contributed by atoms with Gasteiger partial charge in [-0.3, -0.25) is 0 Å². The van der Waals surface area contributed by atoms with Crippen molar-refractivity contribution in [3.63, 3.8) is 0 Å². The monoisotopic (exact) mass is 253 g/mol. The summed E-state index contributed by atoms with van der Waals surface area (Å²) in [6.07, 6.45) is 2.60. The SMILES string of the molecule is N[C@@H](CCCO)c1ccc2c(c1)Cc1ccccc1-2. The molecule has 0 saturated heterocycles. The van der Waals surface area contributed by atoms with Crippen LogP contribution in [0.3, 0.4) is 0 Å². The molecule has 0 saturated carbocycles. The fourth-order valence-electron chi connectivity index (χ4n) is 2.87. The molecule has 98 valence electrons. The standard InChI is InChI=1S/C17H19NO/c18-17(6-3-9-19)13-7-8-16-14(11-13)10-12-4-1-2-5-15(12)16/h1-2,4-5,7-8,11,17,19H,3,6,9-10,18H2/t17-/m0/s1. The lowest BCUT2D eigenvalue weighted by molar-refractivity contribution is 0.280. The average Bonchev–Trinajstić information content (AvgIpc) is 2.82. The minimum atomic E-state index is 0.0289. The summed E-state index contributed by atoms with van der Waals surface area (Å²) in [6, 6.07) is 15.2. The minimum Gasteiger partial charge on any atom is -0.396 e. The third-order valence-electron chi connectivity index (χ3n) is 3.92. The predicted molar refractivity (Wildman–Crippen MR) is 77.9 cm³/mol. The Morgan fingerprint density at radius 3 is 2.68 bits per heavy atom. The summed E-state index contributed by atoms with van der Waals surface area (Å²) in [5.41, 5.74) is 12.8. The first-order valence-electron chi connectivity index (χ1n) is 6.87. The molecule has 2 heteroatoms. The molecule has 0 aliphatic heterocycles. The van der Waals surface area contributed by atoms with E-state index in [4.69, 9.17) is 10.8 Å². The Morgan fingerprint density at radius 1 is 1.05 bits per heavy atom. The van der Waals surface area contributed by atoms with Gasteiger partial charge in [-0.05, 0) is 47.1 Å². The lowest BCUT2D eigenvalue weighted by Gasteiger charge is -2.13. The van der Waals surface area contributed by atoms with Crippen molar-refractivity contribution >= 4 is 0 Å². The number of hydrogen-bond donors (Lipinski definition) is 2. The van der Waals surface area contributed by atoms with Crippen molar-refractivity contribution in [3.05, 3.63) is 59.2 Å². The molecule has 19 heavy (non-hydrogen) atoms. The summed E-state index contributed by atoms with van der Waals surface area (Å²) >= 11 is 0. The zero-order chi connectivity index (χ0) is 13.2. The van der Waals surface area contributed by atoms with E-state index in [9.17, 15) is 0 Å². The van der Waals surface area contributed by atoms with E-state index in [1.807, 2.05) is 0 Å². The van der Waals surface area contributed by atoms with Gasteiger partial charge in [0.05, 0.1) is 0 Å². The highest BCUT2D eigenvalue weighted by molar-refractivity contribution is 5.76. The molecule has 0 spiro atoms. The summed E-state index contributed by atoms with van der Waals surface area (Å²) < 4.78 is 0. The molecule has 0 amide bonds. The van der Waals surface area contributed by atoms with Crippen molar-refractivity contribution in [1.82, 2.24) is 0 Å². The molecular weight excluding hydrogens is 234 g/mol. The fourth-order valence-corrected chi connectivity index (χ4v) is 2.87. The molecule has 1 atom stereocenters. The van der Waals surface area contributed by atoms with E-state index in [0.29, 0.717) is 0 Å². The van der Waals surface area contributed by atoms with E-state index < -0.39 is 0 Å². The van der Waals surface area contributed by atoms with Crippen LogP contribution in [0.4, 0.5) is 0 Å². The van der Waals surface area contributed by atoms with Gasteiger partial charge in [0.1, 0.15) is 0 Å². The van der Waals surface area contributed by atoms with E-state index in [0.717, 1.165) is 19.3 Å². The molecule has 0 unspecified atom stereocenters. The maximum absolute atomic E-state index is 8.88. The van der Waals surface area contributed by atoms with Gasteiger partial charge in [-0.2, -0.15) is 0 Å². The number of aliphatic hydroxyl groups excluding tert-OH is 1. The Kier molecular flexibility index (Phi) is 3.36. The first-order valence-corrected chi connectivity index (χ1v) is 6.87. The van der Waals surface area contributed by atoms with Crippen LogP contribution >= 0.6 is 0 Å². The summed E-state index contributed by atoms with van der Waals surface area (Å²) in [6.45, 7) is 0.212. The second-order valence-electron chi connectivity index (χ2n) is 5.22. The average molecular weight is 253 g/mol. The predicted octanol–water partition coefficient (Wildman–Crippen LogP) is 3.03. The molecule has 0 aromatic heterocycles. The molecule has 1 aliphatic carbocycles. The van der Waals surface area contributed by atoms with Crippen LogP contribution in [0.1, 0.15) is 35.6 Å². The topological polar surface area (TPSA) is 46.2 Å². The van der Waals surface area contributed by atoms with E-state index in [1.54, 1.807) is 0 Å². The van der Waals surface area contributed by atoms with Gasteiger partial charge < -0.3 is 10.8 Å². The molecule has 2 aromatic rings. The number of aliphatic hydroxyl groups is 1. The molecule has 3 rings (SSSR count). The van der Waals surface area contributed by atoms with Gasteiger partial charge >= 0.3 is 0 Å². The van der Waals surface area contributed by atoms with Crippen LogP contribution in [0.2, 0.25) is 0 Å². The molecule has 0 radical (unpaired) electrons. The third kappa shape index (κ3) is 2.29. The Balaban J connectivity index is 1.89. The minimum absolute atomic E-state index is 0.0289. The fraction of sp³-hybridized carbons (Fsp3) is 0.294. The molecule has 2 nitrogen and oxygen atoms in total. The number of rotatable bonds is 4. The normalized spacial score (nSPS) is 14.0. The molecule has 2 aromatic carbocycles. The molecule has 3 N–H and O–H groups in total. The van der Waals surface area contributed by atoms with Crippen LogP contribution in [0.25, 0.3) is 11.1 Å². The lowest BCUT2D eigenvalue weighted by Crippen LogP contribution is -2.11. The smallest absolute Gasteiger partial charge is 0.0431 e. The lowest BCUT2D eigenvalue weighted by atomic mass is 9.97. The number of nitrogens with two attached hydrogens (primary N) is 1. The highest BCUT2D eigenvalue weighted by Gasteiger charge is 2.18. The van der Waals surface area contributed by atoms with Crippen molar-refractivity contribution in [2.45, 2.75) is 25.3 Å². The van der Waals surface area contributed by atoms with E-state index >= 15 is 0 Å². The van der Waals surface area contributed by atoms with Gasteiger partial charge in [-0.25, -0.2) is 0 Å². The van der Waals surface area contributed by atoms with E-state index in [2.05, 4.69) is 42.5 Å². The van der Waals surface area contributed by atoms with Gasteiger partial charge in [0.15, 0.2) is 0 Å². The number of benzene rings is 2. The van der Waals surface area contributed by atoms with Crippen LogP contribution in [-0.2, 0) is 6.42 Å². The Morgan fingerprint density at radius 2 is 1.84 bits per heavy atom.